The predicted octanol–water partition coefficient (Wildman–Crippen LogP) is 6.20. The molecule has 0 fully saturated rings. The number of ether oxygens (including phenoxy) is 1. The molecule has 0 aliphatic rings. The second-order valence-corrected chi connectivity index (χ2v) is 9.27. The quantitative estimate of drug-likeness (QED) is 0.360. The maximum atomic E-state index is 13.1. The minimum Gasteiger partial charge on any atom is -0.489 e. The second kappa shape index (κ2) is 9.91. The highest BCUT2D eigenvalue weighted by atomic mass is 19.1. The molecule has 4 rings (SSSR count). The molecule has 34 heavy (non-hydrogen) atoms. The van der Waals surface area contributed by atoms with Crippen LogP contribution in [0.1, 0.15) is 47.8 Å². The lowest BCUT2D eigenvalue weighted by atomic mass is 9.87. The van der Waals surface area contributed by atoms with Crippen LogP contribution in [-0.4, -0.2) is 15.7 Å². The van der Waals surface area contributed by atoms with Crippen molar-refractivity contribution in [3.63, 3.8) is 0 Å². The molecular formula is C28H28FN3O2. The number of carbonyl (C=O) groups excluding carboxylic acids is 1. The third kappa shape index (κ3) is 6.10. The summed E-state index contributed by atoms with van der Waals surface area (Å²) in [5.74, 6) is 0.289. The zero-order valence-corrected chi connectivity index (χ0v) is 19.6. The number of carbonyl (C=O) groups is 1. The number of benzene rings is 3. The van der Waals surface area contributed by atoms with Gasteiger partial charge in [-0.1, -0.05) is 57.2 Å². The maximum absolute atomic E-state index is 13.1. The van der Waals surface area contributed by atoms with Crippen LogP contribution in [0.2, 0.25) is 0 Å². The van der Waals surface area contributed by atoms with E-state index in [9.17, 15) is 9.18 Å². The molecule has 1 aromatic heterocycles. The number of nitrogens with one attached hydrogen (secondary N) is 1. The summed E-state index contributed by atoms with van der Waals surface area (Å²) in [6.45, 7) is 7.38. The van der Waals surface area contributed by atoms with Gasteiger partial charge in [0, 0.05) is 11.8 Å². The Morgan fingerprint density at radius 1 is 1.00 bits per heavy atom. The van der Waals surface area contributed by atoms with E-state index in [2.05, 4.69) is 43.3 Å². The molecule has 3 aromatic carbocycles. The SMILES string of the molecule is CC(C)(C)c1ccc(OCc2cccc(C(=O)Nc3cnn(Cc4ccc(F)cc4)c3)c2)cc1. The average molecular weight is 458 g/mol. The van der Waals surface area contributed by atoms with Crippen LogP contribution in [0.25, 0.3) is 0 Å². The minimum atomic E-state index is -0.275. The van der Waals surface area contributed by atoms with E-state index in [-0.39, 0.29) is 17.1 Å². The summed E-state index contributed by atoms with van der Waals surface area (Å²) in [4.78, 5) is 12.7. The highest BCUT2D eigenvalue weighted by molar-refractivity contribution is 6.04. The molecule has 0 saturated carbocycles. The van der Waals surface area contributed by atoms with E-state index in [0.29, 0.717) is 24.4 Å². The van der Waals surface area contributed by atoms with Gasteiger partial charge in [-0.25, -0.2) is 4.39 Å². The summed E-state index contributed by atoms with van der Waals surface area (Å²) in [5, 5.41) is 7.14. The first kappa shape index (κ1) is 23.2. The zero-order valence-electron chi connectivity index (χ0n) is 19.6. The Morgan fingerprint density at radius 2 is 1.74 bits per heavy atom. The Hall–Kier alpha value is -3.93. The van der Waals surface area contributed by atoms with Crippen LogP contribution in [-0.2, 0) is 18.6 Å². The second-order valence-electron chi connectivity index (χ2n) is 9.27. The number of hydrogen-bond acceptors (Lipinski definition) is 3. The smallest absolute Gasteiger partial charge is 0.255 e. The summed E-state index contributed by atoms with van der Waals surface area (Å²) in [6.07, 6.45) is 3.34. The van der Waals surface area contributed by atoms with Crippen molar-refractivity contribution in [2.75, 3.05) is 5.32 Å². The maximum Gasteiger partial charge on any atom is 0.255 e. The van der Waals surface area contributed by atoms with E-state index in [1.165, 1.54) is 17.7 Å². The minimum absolute atomic E-state index is 0.0949. The van der Waals surface area contributed by atoms with E-state index in [0.717, 1.165) is 16.9 Å². The standard InChI is InChI=1S/C28H28FN3O2/c1-28(2,3)23-9-13-26(14-10-23)34-19-21-5-4-6-22(15-21)27(33)31-25-16-30-32(18-25)17-20-7-11-24(29)12-8-20/h4-16,18H,17,19H2,1-3H3,(H,31,33). The van der Waals surface area contributed by atoms with Crippen molar-refractivity contribution in [2.45, 2.75) is 39.3 Å². The van der Waals surface area contributed by atoms with Crippen molar-refractivity contribution < 1.29 is 13.9 Å². The Bertz CT molecular complexity index is 1260. The number of aromatic nitrogens is 2. The molecule has 0 aliphatic heterocycles. The number of nitrogens with zero attached hydrogens (tertiary/aromatic N) is 2. The van der Waals surface area contributed by atoms with E-state index in [4.69, 9.17) is 4.74 Å². The largest absolute Gasteiger partial charge is 0.489 e. The van der Waals surface area contributed by atoms with Gasteiger partial charge in [0.2, 0.25) is 0 Å². The van der Waals surface area contributed by atoms with Crippen LogP contribution in [0.3, 0.4) is 0 Å². The summed E-state index contributed by atoms with van der Waals surface area (Å²) in [6, 6.07) is 21.7. The number of halogens is 1. The van der Waals surface area contributed by atoms with Crippen LogP contribution in [0.15, 0.2) is 85.2 Å². The van der Waals surface area contributed by atoms with Gasteiger partial charge in [-0.15, -0.1) is 0 Å². The molecule has 0 aliphatic carbocycles. The number of hydrogen-bond donors (Lipinski definition) is 1. The van der Waals surface area contributed by atoms with Gasteiger partial charge < -0.3 is 10.1 Å². The molecular weight excluding hydrogens is 429 g/mol. The molecule has 174 valence electrons. The molecule has 5 nitrogen and oxygen atoms in total. The first-order valence-electron chi connectivity index (χ1n) is 11.2. The van der Waals surface area contributed by atoms with Gasteiger partial charge in [0.1, 0.15) is 18.2 Å². The molecule has 0 saturated heterocycles. The highest BCUT2D eigenvalue weighted by Gasteiger charge is 2.13. The Balaban J connectivity index is 1.34. The Labute approximate surface area is 199 Å². The van der Waals surface area contributed by atoms with Gasteiger partial charge >= 0.3 is 0 Å². The van der Waals surface area contributed by atoms with Crippen LogP contribution in [0.4, 0.5) is 10.1 Å². The Morgan fingerprint density at radius 3 is 2.44 bits per heavy atom. The lowest BCUT2D eigenvalue weighted by molar-refractivity contribution is 0.102. The molecule has 1 N–H and O–H groups in total. The van der Waals surface area contributed by atoms with Crippen molar-refractivity contribution in [1.29, 1.82) is 0 Å². The van der Waals surface area contributed by atoms with Gasteiger partial charge in [0.15, 0.2) is 0 Å². The van der Waals surface area contributed by atoms with Crippen molar-refractivity contribution >= 4 is 11.6 Å². The Kier molecular flexibility index (Phi) is 6.77. The van der Waals surface area contributed by atoms with Crippen LogP contribution in [0, 0.1) is 5.82 Å². The van der Waals surface area contributed by atoms with Crippen LogP contribution < -0.4 is 10.1 Å². The lowest BCUT2D eigenvalue weighted by Crippen LogP contribution is -2.12. The van der Waals surface area contributed by atoms with Crippen molar-refractivity contribution in [3.8, 4) is 5.75 Å². The fourth-order valence-corrected chi connectivity index (χ4v) is 3.51. The lowest BCUT2D eigenvalue weighted by Gasteiger charge is -2.19. The normalized spacial score (nSPS) is 11.3. The van der Waals surface area contributed by atoms with Crippen LogP contribution >= 0.6 is 0 Å². The van der Waals surface area contributed by atoms with Gasteiger partial charge in [-0.2, -0.15) is 5.10 Å². The number of rotatable bonds is 7. The molecule has 1 amide bonds. The molecule has 6 heteroatoms. The highest BCUT2D eigenvalue weighted by Crippen LogP contribution is 2.24. The van der Waals surface area contributed by atoms with Gasteiger partial charge in [-0.3, -0.25) is 9.48 Å². The van der Waals surface area contributed by atoms with Crippen molar-refractivity contribution in [3.05, 3.63) is 113 Å². The van der Waals surface area contributed by atoms with E-state index in [1.54, 1.807) is 35.3 Å². The number of amides is 1. The summed E-state index contributed by atoms with van der Waals surface area (Å²) in [7, 11) is 0. The van der Waals surface area contributed by atoms with Crippen LogP contribution in [0.5, 0.6) is 5.75 Å². The topological polar surface area (TPSA) is 56.1 Å². The average Bonchev–Trinajstić information content (AvgIpc) is 3.25. The monoisotopic (exact) mass is 457 g/mol. The van der Waals surface area contributed by atoms with Gasteiger partial charge in [-0.05, 0) is 58.5 Å². The molecule has 0 radical (unpaired) electrons. The molecule has 0 unspecified atom stereocenters. The fraction of sp³-hybridized carbons (Fsp3) is 0.214. The van der Waals surface area contributed by atoms with E-state index >= 15 is 0 Å². The first-order chi connectivity index (χ1) is 16.3. The fourth-order valence-electron chi connectivity index (χ4n) is 3.51. The van der Waals surface area contributed by atoms with Crippen molar-refractivity contribution in [2.24, 2.45) is 0 Å². The summed E-state index contributed by atoms with van der Waals surface area (Å²) >= 11 is 0. The predicted molar refractivity (Wildman–Crippen MR) is 132 cm³/mol. The summed E-state index contributed by atoms with van der Waals surface area (Å²) < 4.78 is 20.7. The molecule has 1 heterocycles. The molecule has 4 aromatic rings. The summed E-state index contributed by atoms with van der Waals surface area (Å²) in [5.41, 5.74) is 4.29. The third-order valence-electron chi connectivity index (χ3n) is 5.46. The van der Waals surface area contributed by atoms with Crippen molar-refractivity contribution in [1.82, 2.24) is 9.78 Å². The first-order valence-corrected chi connectivity index (χ1v) is 11.2. The zero-order chi connectivity index (χ0) is 24.1. The number of anilines is 1. The third-order valence-corrected chi connectivity index (χ3v) is 5.46. The molecule has 0 bridgehead atoms. The van der Waals surface area contributed by atoms with Gasteiger partial charge in [0.25, 0.3) is 5.91 Å². The molecule has 0 atom stereocenters. The van der Waals surface area contributed by atoms with E-state index < -0.39 is 0 Å². The van der Waals surface area contributed by atoms with E-state index in [1.807, 2.05) is 30.3 Å². The van der Waals surface area contributed by atoms with Gasteiger partial charge in [0.05, 0.1) is 18.4 Å². The molecule has 0 spiro atoms.